The van der Waals surface area contributed by atoms with Crippen LogP contribution in [0.15, 0.2) is 29.1 Å². The molecule has 7 nitrogen and oxygen atoms in total. The molecule has 28 heavy (non-hydrogen) atoms. The van der Waals surface area contributed by atoms with Gasteiger partial charge in [0.15, 0.2) is 5.65 Å². The molecule has 1 unspecified atom stereocenters. The van der Waals surface area contributed by atoms with Crippen LogP contribution in [-0.4, -0.2) is 31.2 Å². The number of aryl methyl sites for hydroxylation is 1. The molecule has 1 aliphatic rings. The van der Waals surface area contributed by atoms with E-state index in [9.17, 15) is 23.1 Å². The van der Waals surface area contributed by atoms with Gasteiger partial charge in [-0.25, -0.2) is 9.67 Å². The van der Waals surface area contributed by atoms with Gasteiger partial charge in [-0.15, -0.1) is 13.2 Å². The second-order valence-corrected chi connectivity index (χ2v) is 6.80. The molecular formula is C18H17F3N4O3. The van der Waals surface area contributed by atoms with E-state index in [2.05, 4.69) is 19.8 Å². The van der Waals surface area contributed by atoms with Crippen molar-refractivity contribution >= 4 is 11.0 Å². The average molecular weight is 394 g/mol. The van der Waals surface area contributed by atoms with E-state index in [4.69, 9.17) is 0 Å². The van der Waals surface area contributed by atoms with Crippen LogP contribution >= 0.6 is 0 Å². The van der Waals surface area contributed by atoms with Crippen molar-refractivity contribution in [2.45, 2.75) is 38.8 Å². The van der Waals surface area contributed by atoms with Crippen LogP contribution in [0.3, 0.4) is 0 Å². The number of alkyl halides is 3. The second kappa shape index (κ2) is 6.62. The molecule has 0 amide bonds. The molecule has 148 valence electrons. The Hall–Kier alpha value is -2.88. The SMILES string of the molecule is Cc1nc2c(c(CO)nn2C(c2ccc(OC(F)(F)F)cc2)C2CC2)c(=O)[nH]1. The maximum absolute atomic E-state index is 12.4. The first-order valence-electron chi connectivity index (χ1n) is 8.71. The molecule has 2 aromatic heterocycles. The number of ether oxygens (including phenoxy) is 1. The largest absolute Gasteiger partial charge is 0.573 e. The van der Waals surface area contributed by atoms with Gasteiger partial charge in [0.1, 0.15) is 22.7 Å². The van der Waals surface area contributed by atoms with Gasteiger partial charge in [-0.1, -0.05) is 12.1 Å². The Morgan fingerprint density at radius 3 is 2.57 bits per heavy atom. The van der Waals surface area contributed by atoms with Gasteiger partial charge in [0.05, 0.1) is 12.6 Å². The molecule has 2 N–H and O–H groups in total. The number of aliphatic hydroxyl groups excluding tert-OH is 1. The number of fused-ring (bicyclic) bond motifs is 1. The number of nitrogens with one attached hydrogen (secondary N) is 1. The Labute approximate surface area is 156 Å². The van der Waals surface area contributed by atoms with E-state index in [1.807, 2.05) is 0 Å². The highest BCUT2D eigenvalue weighted by Crippen LogP contribution is 2.44. The van der Waals surface area contributed by atoms with Crippen molar-refractivity contribution in [3.63, 3.8) is 0 Å². The fourth-order valence-electron chi connectivity index (χ4n) is 3.42. The van der Waals surface area contributed by atoms with Gasteiger partial charge in [0.25, 0.3) is 5.56 Å². The summed E-state index contributed by atoms with van der Waals surface area (Å²) in [4.78, 5) is 19.3. The lowest BCUT2D eigenvalue weighted by atomic mass is 10.0. The van der Waals surface area contributed by atoms with E-state index in [1.165, 1.54) is 12.1 Å². The fraction of sp³-hybridized carbons (Fsp3) is 0.389. The van der Waals surface area contributed by atoms with Gasteiger partial charge >= 0.3 is 6.36 Å². The molecule has 0 radical (unpaired) electrons. The zero-order valence-electron chi connectivity index (χ0n) is 14.8. The Bertz CT molecular complexity index is 1070. The van der Waals surface area contributed by atoms with Crippen molar-refractivity contribution in [2.24, 2.45) is 5.92 Å². The molecule has 3 aromatic rings. The zero-order valence-corrected chi connectivity index (χ0v) is 14.8. The monoisotopic (exact) mass is 394 g/mol. The maximum atomic E-state index is 12.4. The normalized spacial score (nSPS) is 15.8. The summed E-state index contributed by atoms with van der Waals surface area (Å²) in [7, 11) is 0. The van der Waals surface area contributed by atoms with Gasteiger partial charge in [0, 0.05) is 0 Å². The molecule has 2 heterocycles. The van der Waals surface area contributed by atoms with Crippen molar-refractivity contribution < 1.29 is 23.0 Å². The summed E-state index contributed by atoms with van der Waals surface area (Å²) >= 11 is 0. The van der Waals surface area contributed by atoms with Gasteiger partial charge in [-0.05, 0) is 43.4 Å². The van der Waals surface area contributed by atoms with Gasteiger partial charge in [-0.2, -0.15) is 5.10 Å². The van der Waals surface area contributed by atoms with E-state index in [-0.39, 0.29) is 34.3 Å². The molecule has 1 atom stereocenters. The lowest BCUT2D eigenvalue weighted by Gasteiger charge is -2.19. The summed E-state index contributed by atoms with van der Waals surface area (Å²) in [6.45, 7) is 1.22. The van der Waals surface area contributed by atoms with Crippen LogP contribution in [0.5, 0.6) is 5.75 Å². The highest BCUT2D eigenvalue weighted by molar-refractivity contribution is 5.77. The van der Waals surface area contributed by atoms with Crippen molar-refractivity contribution in [3.8, 4) is 5.75 Å². The maximum Gasteiger partial charge on any atom is 0.573 e. The highest BCUT2D eigenvalue weighted by Gasteiger charge is 2.37. The fourth-order valence-corrected chi connectivity index (χ4v) is 3.42. The number of aliphatic hydroxyl groups is 1. The smallest absolute Gasteiger partial charge is 0.406 e. The van der Waals surface area contributed by atoms with Crippen LogP contribution in [0, 0.1) is 12.8 Å². The quantitative estimate of drug-likeness (QED) is 0.694. The summed E-state index contributed by atoms with van der Waals surface area (Å²) in [5.41, 5.74) is 0.899. The number of hydrogen-bond acceptors (Lipinski definition) is 5. The molecule has 1 aromatic carbocycles. The number of nitrogens with zero attached hydrogens (tertiary/aromatic N) is 3. The lowest BCUT2D eigenvalue weighted by Crippen LogP contribution is -2.18. The third-order valence-electron chi connectivity index (χ3n) is 4.69. The van der Waals surface area contributed by atoms with Crippen molar-refractivity contribution in [1.82, 2.24) is 19.7 Å². The van der Waals surface area contributed by atoms with Gasteiger partial charge in [-0.3, -0.25) is 4.79 Å². The predicted octanol–water partition coefficient (Wildman–Crippen LogP) is 2.82. The number of aromatic nitrogens is 4. The minimum Gasteiger partial charge on any atom is -0.406 e. The Morgan fingerprint density at radius 1 is 1.32 bits per heavy atom. The summed E-state index contributed by atoms with van der Waals surface area (Å²) < 4.78 is 42.7. The number of hydrogen-bond donors (Lipinski definition) is 2. The molecular weight excluding hydrogens is 377 g/mol. The standard InChI is InChI=1S/C18H17F3N4O3/c1-9-22-16-14(17(27)23-9)13(8-26)24-25(16)15(10-2-3-10)11-4-6-12(7-5-11)28-18(19,20)21/h4-7,10,15,26H,2-3,8H2,1H3,(H,22,23,27). The number of aromatic amines is 1. The van der Waals surface area contributed by atoms with Gasteiger partial charge < -0.3 is 14.8 Å². The summed E-state index contributed by atoms with van der Waals surface area (Å²) in [6.07, 6.45) is -2.92. The van der Waals surface area contributed by atoms with Crippen LogP contribution in [0.4, 0.5) is 13.2 Å². The van der Waals surface area contributed by atoms with Crippen LogP contribution < -0.4 is 10.3 Å². The Morgan fingerprint density at radius 2 is 2.00 bits per heavy atom. The number of benzene rings is 1. The minimum absolute atomic E-state index is 0.213. The van der Waals surface area contributed by atoms with Crippen molar-refractivity contribution in [3.05, 3.63) is 51.7 Å². The van der Waals surface area contributed by atoms with Crippen molar-refractivity contribution in [1.29, 1.82) is 0 Å². The topological polar surface area (TPSA) is 93.0 Å². The predicted molar refractivity (Wildman–Crippen MR) is 92.8 cm³/mol. The van der Waals surface area contributed by atoms with E-state index in [0.717, 1.165) is 18.4 Å². The third-order valence-corrected chi connectivity index (χ3v) is 4.69. The molecule has 0 saturated heterocycles. The molecule has 4 rings (SSSR count). The number of H-pyrrole nitrogens is 1. The molecule has 0 aliphatic heterocycles. The summed E-state index contributed by atoms with van der Waals surface area (Å²) in [6, 6.07) is 5.30. The molecule has 0 spiro atoms. The number of halogens is 3. The summed E-state index contributed by atoms with van der Waals surface area (Å²) in [5.74, 6) is 0.314. The lowest BCUT2D eigenvalue weighted by molar-refractivity contribution is -0.274. The van der Waals surface area contributed by atoms with Gasteiger partial charge in [0.2, 0.25) is 0 Å². The molecule has 10 heteroatoms. The summed E-state index contributed by atoms with van der Waals surface area (Å²) in [5, 5.41) is 14.2. The van der Waals surface area contributed by atoms with Crippen LogP contribution in [0.2, 0.25) is 0 Å². The zero-order chi connectivity index (χ0) is 20.1. The van der Waals surface area contributed by atoms with Crippen LogP contribution in [-0.2, 0) is 6.61 Å². The highest BCUT2D eigenvalue weighted by atomic mass is 19.4. The number of rotatable bonds is 5. The first-order valence-corrected chi connectivity index (χ1v) is 8.71. The first kappa shape index (κ1) is 18.5. The average Bonchev–Trinajstić information content (AvgIpc) is 3.37. The van der Waals surface area contributed by atoms with E-state index >= 15 is 0 Å². The first-order chi connectivity index (χ1) is 13.3. The third kappa shape index (κ3) is 3.47. The van der Waals surface area contributed by atoms with Crippen molar-refractivity contribution in [2.75, 3.05) is 0 Å². The molecule has 1 aliphatic carbocycles. The van der Waals surface area contributed by atoms with E-state index in [1.54, 1.807) is 23.7 Å². The Balaban J connectivity index is 1.80. The molecule has 1 fully saturated rings. The minimum atomic E-state index is -4.76. The van der Waals surface area contributed by atoms with E-state index in [0.29, 0.717) is 11.5 Å². The molecule has 1 saturated carbocycles. The van der Waals surface area contributed by atoms with Crippen LogP contribution in [0.25, 0.3) is 11.0 Å². The van der Waals surface area contributed by atoms with E-state index < -0.39 is 13.0 Å². The Kier molecular flexibility index (Phi) is 4.37. The second-order valence-electron chi connectivity index (χ2n) is 6.80. The molecule has 0 bridgehead atoms. The van der Waals surface area contributed by atoms with Crippen LogP contribution in [0.1, 0.15) is 36.0 Å².